The Hall–Kier alpha value is -1.40. The van der Waals surface area contributed by atoms with Gasteiger partial charge in [0.1, 0.15) is 11.4 Å². The van der Waals surface area contributed by atoms with Gasteiger partial charge in [0.25, 0.3) is 0 Å². The zero-order chi connectivity index (χ0) is 16.0. The van der Waals surface area contributed by atoms with Crippen molar-refractivity contribution in [1.29, 1.82) is 0 Å². The van der Waals surface area contributed by atoms with E-state index in [1.807, 2.05) is 0 Å². The van der Waals surface area contributed by atoms with Crippen molar-refractivity contribution in [2.75, 3.05) is 7.11 Å². The molecule has 114 valence electrons. The van der Waals surface area contributed by atoms with Crippen LogP contribution in [0.25, 0.3) is 0 Å². The van der Waals surface area contributed by atoms with Crippen LogP contribution in [0.2, 0.25) is 0 Å². The van der Waals surface area contributed by atoms with Crippen LogP contribution in [0.15, 0.2) is 16.6 Å². The third-order valence-corrected chi connectivity index (χ3v) is 3.95. The molecule has 21 heavy (non-hydrogen) atoms. The minimum absolute atomic E-state index is 0.131. The summed E-state index contributed by atoms with van der Waals surface area (Å²) in [7, 11) is 1.43. The lowest BCUT2D eigenvalue weighted by molar-refractivity contribution is -0.171. The highest BCUT2D eigenvalue weighted by Gasteiger charge is 2.54. The lowest BCUT2D eigenvalue weighted by Crippen LogP contribution is -2.48. The van der Waals surface area contributed by atoms with Crippen molar-refractivity contribution in [3.05, 3.63) is 27.7 Å². The van der Waals surface area contributed by atoms with Crippen molar-refractivity contribution in [3.8, 4) is 5.75 Å². The summed E-state index contributed by atoms with van der Waals surface area (Å²) in [5, 5.41) is 10.6. The number of ether oxygens (including phenoxy) is 2. The number of Topliss-reactive ketones (excluding diaryl/α,β-unsaturated/α-hetero) is 1. The Morgan fingerprint density at radius 3 is 2.52 bits per heavy atom. The van der Waals surface area contributed by atoms with Crippen LogP contribution in [0.5, 0.6) is 5.75 Å². The molecule has 0 amide bonds. The molecular weight excluding hydrogens is 340 g/mol. The summed E-state index contributed by atoms with van der Waals surface area (Å²) in [4.78, 5) is 24.7. The van der Waals surface area contributed by atoms with Crippen molar-refractivity contribution in [3.63, 3.8) is 0 Å². The predicted octanol–water partition coefficient (Wildman–Crippen LogP) is 2.27. The standard InChI is InChI=1S/C15H17BrO5/c1-14(2,3)21-13(18)15(19)7-8-9(16)5-6-10(20-4)11(8)12(15)17/h5-6,19H,7H2,1-4H3/t15-/m0/s1. The highest BCUT2D eigenvalue weighted by Crippen LogP contribution is 2.41. The quantitative estimate of drug-likeness (QED) is 0.649. The molecular formula is C15H17BrO5. The Labute approximate surface area is 131 Å². The summed E-state index contributed by atoms with van der Waals surface area (Å²) in [5.74, 6) is -1.30. The molecule has 1 atom stereocenters. The maximum absolute atomic E-state index is 12.5. The Kier molecular flexibility index (Phi) is 3.88. The monoisotopic (exact) mass is 356 g/mol. The number of aliphatic hydroxyl groups is 1. The first-order valence-electron chi connectivity index (χ1n) is 6.46. The van der Waals surface area contributed by atoms with Crippen LogP contribution >= 0.6 is 15.9 Å². The van der Waals surface area contributed by atoms with Crippen molar-refractivity contribution in [2.45, 2.75) is 38.4 Å². The van der Waals surface area contributed by atoms with E-state index in [-0.39, 0.29) is 12.0 Å². The fourth-order valence-electron chi connectivity index (χ4n) is 2.26. The second kappa shape index (κ2) is 5.10. The summed E-state index contributed by atoms with van der Waals surface area (Å²) < 4.78 is 11.0. The number of methoxy groups -OCH3 is 1. The molecule has 0 heterocycles. The van der Waals surface area contributed by atoms with E-state index < -0.39 is 23.0 Å². The van der Waals surface area contributed by atoms with Crippen LogP contribution in [0.4, 0.5) is 0 Å². The molecule has 1 aromatic rings. The van der Waals surface area contributed by atoms with Crippen LogP contribution in [0, 0.1) is 0 Å². The Morgan fingerprint density at radius 1 is 1.38 bits per heavy atom. The molecule has 0 saturated carbocycles. The molecule has 0 spiro atoms. The number of carbonyl (C=O) groups is 2. The maximum Gasteiger partial charge on any atom is 0.347 e. The van der Waals surface area contributed by atoms with Gasteiger partial charge in [-0.25, -0.2) is 4.79 Å². The number of benzene rings is 1. The second-order valence-electron chi connectivity index (χ2n) is 5.97. The molecule has 0 aliphatic heterocycles. The van der Waals surface area contributed by atoms with Gasteiger partial charge in [0.2, 0.25) is 11.4 Å². The minimum atomic E-state index is -2.20. The summed E-state index contributed by atoms with van der Waals surface area (Å²) in [6.45, 7) is 5.03. The highest BCUT2D eigenvalue weighted by molar-refractivity contribution is 9.10. The molecule has 0 fully saturated rings. The number of hydrogen-bond donors (Lipinski definition) is 1. The third kappa shape index (κ3) is 2.70. The first kappa shape index (κ1) is 16.0. The number of ketones is 1. The van der Waals surface area contributed by atoms with Gasteiger partial charge >= 0.3 is 5.97 Å². The molecule has 5 nitrogen and oxygen atoms in total. The summed E-state index contributed by atoms with van der Waals surface area (Å²) in [6.07, 6.45) is -0.131. The smallest absolute Gasteiger partial charge is 0.347 e. The zero-order valence-electron chi connectivity index (χ0n) is 12.3. The SMILES string of the molecule is COc1ccc(Br)c2c1C(=O)[C@](O)(C(=O)OC(C)(C)C)C2. The number of fused-ring (bicyclic) bond motifs is 1. The highest BCUT2D eigenvalue weighted by atomic mass is 79.9. The normalized spacial score (nSPS) is 21.1. The van der Waals surface area contributed by atoms with Gasteiger partial charge in [-0.3, -0.25) is 4.79 Å². The van der Waals surface area contributed by atoms with E-state index in [0.29, 0.717) is 15.8 Å². The molecule has 1 aliphatic rings. The fourth-order valence-corrected chi connectivity index (χ4v) is 2.73. The van der Waals surface area contributed by atoms with Crippen molar-refractivity contribution >= 4 is 27.7 Å². The molecule has 0 unspecified atom stereocenters. The Bertz CT molecular complexity index is 617. The van der Waals surface area contributed by atoms with Gasteiger partial charge in [0.15, 0.2) is 0 Å². The molecule has 1 N–H and O–H groups in total. The minimum Gasteiger partial charge on any atom is -0.496 e. The molecule has 0 radical (unpaired) electrons. The van der Waals surface area contributed by atoms with Crippen LogP contribution in [-0.2, 0) is 16.0 Å². The van der Waals surface area contributed by atoms with Crippen LogP contribution in [-0.4, -0.2) is 35.2 Å². The molecule has 6 heteroatoms. The van der Waals surface area contributed by atoms with Gasteiger partial charge in [-0.05, 0) is 38.5 Å². The maximum atomic E-state index is 12.5. The lowest BCUT2D eigenvalue weighted by Gasteiger charge is -2.26. The van der Waals surface area contributed by atoms with Gasteiger partial charge in [0.05, 0.1) is 12.7 Å². The number of hydrogen-bond acceptors (Lipinski definition) is 5. The first-order chi connectivity index (χ1) is 9.60. The van der Waals surface area contributed by atoms with E-state index in [9.17, 15) is 14.7 Å². The Morgan fingerprint density at radius 2 is 2.00 bits per heavy atom. The Balaban J connectivity index is 2.46. The fraction of sp³-hybridized carbons (Fsp3) is 0.467. The van der Waals surface area contributed by atoms with E-state index >= 15 is 0 Å². The average molecular weight is 357 g/mol. The first-order valence-corrected chi connectivity index (χ1v) is 7.25. The van der Waals surface area contributed by atoms with E-state index in [4.69, 9.17) is 9.47 Å². The molecule has 2 rings (SSSR count). The topological polar surface area (TPSA) is 72.8 Å². The third-order valence-electron chi connectivity index (χ3n) is 3.21. The molecule has 0 saturated heterocycles. The average Bonchev–Trinajstić information content (AvgIpc) is 2.64. The lowest BCUT2D eigenvalue weighted by atomic mass is 9.99. The van der Waals surface area contributed by atoms with E-state index in [2.05, 4.69) is 15.9 Å². The molecule has 0 bridgehead atoms. The predicted molar refractivity (Wildman–Crippen MR) is 79.5 cm³/mol. The van der Waals surface area contributed by atoms with E-state index in [1.165, 1.54) is 7.11 Å². The molecule has 1 aliphatic carbocycles. The van der Waals surface area contributed by atoms with Crippen molar-refractivity contribution in [2.24, 2.45) is 0 Å². The van der Waals surface area contributed by atoms with E-state index in [1.54, 1.807) is 32.9 Å². The number of carbonyl (C=O) groups excluding carboxylic acids is 2. The summed E-state index contributed by atoms with van der Waals surface area (Å²) in [5.41, 5.74) is -2.22. The van der Waals surface area contributed by atoms with Crippen molar-refractivity contribution < 1.29 is 24.2 Å². The van der Waals surface area contributed by atoms with Crippen molar-refractivity contribution in [1.82, 2.24) is 0 Å². The summed E-state index contributed by atoms with van der Waals surface area (Å²) in [6, 6.07) is 3.33. The van der Waals surface area contributed by atoms with Gasteiger partial charge in [-0.15, -0.1) is 0 Å². The van der Waals surface area contributed by atoms with Gasteiger partial charge in [-0.1, -0.05) is 15.9 Å². The van der Waals surface area contributed by atoms with Crippen LogP contribution in [0.1, 0.15) is 36.7 Å². The largest absolute Gasteiger partial charge is 0.496 e. The number of halogens is 1. The molecule has 1 aromatic carbocycles. The second-order valence-corrected chi connectivity index (χ2v) is 6.83. The van der Waals surface area contributed by atoms with Gasteiger partial charge < -0.3 is 14.6 Å². The van der Waals surface area contributed by atoms with Crippen LogP contribution in [0.3, 0.4) is 0 Å². The zero-order valence-corrected chi connectivity index (χ0v) is 13.9. The number of rotatable bonds is 2. The number of esters is 1. The summed E-state index contributed by atoms with van der Waals surface area (Å²) >= 11 is 3.33. The van der Waals surface area contributed by atoms with Crippen LogP contribution < -0.4 is 4.74 Å². The van der Waals surface area contributed by atoms with Gasteiger partial charge in [0, 0.05) is 10.9 Å². The molecule has 0 aromatic heterocycles. The van der Waals surface area contributed by atoms with E-state index in [0.717, 1.165) is 0 Å². The van der Waals surface area contributed by atoms with Gasteiger partial charge in [-0.2, -0.15) is 0 Å².